The Balaban J connectivity index is 2.28. The number of esters is 1. The highest BCUT2D eigenvalue weighted by Gasteiger charge is 2.52. The lowest BCUT2D eigenvalue weighted by molar-refractivity contribution is -0.290. The van der Waals surface area contributed by atoms with E-state index in [1.807, 2.05) is 44.3 Å². The number of hydrogen-bond acceptors (Lipinski definition) is 7. The monoisotopic (exact) mass is 506 g/mol. The van der Waals surface area contributed by atoms with E-state index in [1.54, 1.807) is 0 Å². The predicted octanol–water partition coefficient (Wildman–Crippen LogP) is 6.20. The molecule has 0 amide bonds. The maximum Gasteiger partial charge on any atom is 0.311 e. The maximum atomic E-state index is 12.6. The summed E-state index contributed by atoms with van der Waals surface area (Å²) in [6, 6.07) is 0. The average molecular weight is 507 g/mol. The lowest BCUT2D eigenvalue weighted by atomic mass is 9.81. The Bertz CT molecular complexity index is 650. The van der Waals surface area contributed by atoms with Crippen molar-refractivity contribution in [2.45, 2.75) is 127 Å². The van der Waals surface area contributed by atoms with Crippen molar-refractivity contribution in [1.29, 1.82) is 0 Å². The Morgan fingerprint density at radius 2 is 1.66 bits per heavy atom. The van der Waals surface area contributed by atoms with Crippen LogP contribution in [0.1, 0.15) is 81.1 Å². The number of thioether (sulfide) groups is 2. The molecule has 0 unspecified atom stereocenters. The maximum absolute atomic E-state index is 12.6. The second-order valence-corrected chi connectivity index (χ2v) is 20.0. The molecular formula is C24H46O5S2Si. The van der Waals surface area contributed by atoms with Gasteiger partial charge in [0.1, 0.15) is 5.60 Å². The summed E-state index contributed by atoms with van der Waals surface area (Å²) < 4.78 is 19.0. The van der Waals surface area contributed by atoms with Crippen molar-refractivity contribution in [3.8, 4) is 0 Å². The quantitative estimate of drug-likeness (QED) is 0.340. The summed E-state index contributed by atoms with van der Waals surface area (Å²) >= 11 is 3.96. The minimum Gasteiger partial charge on any atom is -0.460 e. The Morgan fingerprint density at radius 3 is 2.16 bits per heavy atom. The van der Waals surface area contributed by atoms with Gasteiger partial charge in [0.25, 0.3) is 0 Å². The van der Waals surface area contributed by atoms with Crippen molar-refractivity contribution in [1.82, 2.24) is 0 Å². The van der Waals surface area contributed by atoms with E-state index in [4.69, 9.17) is 13.9 Å². The van der Waals surface area contributed by atoms with Gasteiger partial charge in [0.2, 0.25) is 0 Å². The smallest absolute Gasteiger partial charge is 0.311 e. The Kier molecular flexibility index (Phi) is 8.99. The fraction of sp³-hybridized carbons (Fsp3) is 0.958. The van der Waals surface area contributed by atoms with Crippen molar-refractivity contribution < 1.29 is 23.8 Å². The number of ether oxygens (including phenoxy) is 2. The van der Waals surface area contributed by atoms with Crippen LogP contribution in [0.5, 0.6) is 0 Å². The number of carbonyl (C=O) groups excluding carboxylic acids is 1. The van der Waals surface area contributed by atoms with Crippen molar-refractivity contribution in [2.75, 3.05) is 11.5 Å². The first-order chi connectivity index (χ1) is 14.3. The fourth-order valence-electron chi connectivity index (χ4n) is 3.96. The fourth-order valence-corrected chi connectivity index (χ4v) is 8.69. The van der Waals surface area contributed by atoms with E-state index < -0.39 is 25.7 Å². The lowest BCUT2D eigenvalue weighted by Gasteiger charge is -2.51. The summed E-state index contributed by atoms with van der Waals surface area (Å²) in [5.74, 6) is 0.283. The van der Waals surface area contributed by atoms with Gasteiger partial charge in [-0.3, -0.25) is 4.79 Å². The SMILES string of the molecule is CC(C)(C)OC(=O)C[C@]1(O)C[C@H](O[Si](C)(C)C(C)(C)C)C[C@H](C(C)(C)C2SCCCS2)O1. The molecule has 2 aliphatic heterocycles. The van der Waals surface area contributed by atoms with Gasteiger partial charge in [0.15, 0.2) is 14.1 Å². The standard InChI is InChI=1S/C24H46O5S2Si/c1-21(2,3)28-19(25)16-24(26)15-17(29-32(9,10)22(4,5)6)14-18(27-24)23(7,8)20-30-12-11-13-31-20/h17-18,20,26H,11-16H2,1-10H3/t17-,18-,24+/m1/s1. The molecule has 0 aromatic rings. The zero-order valence-corrected chi connectivity index (χ0v) is 24.5. The normalized spacial score (nSPS) is 29.1. The summed E-state index contributed by atoms with van der Waals surface area (Å²) in [4.78, 5) is 12.6. The van der Waals surface area contributed by atoms with Crippen LogP contribution in [0, 0.1) is 5.41 Å². The van der Waals surface area contributed by atoms with Gasteiger partial charge >= 0.3 is 5.97 Å². The van der Waals surface area contributed by atoms with Crippen molar-refractivity contribution in [3.63, 3.8) is 0 Å². The third-order valence-corrected chi connectivity index (χ3v) is 15.0. The molecule has 8 heteroatoms. The van der Waals surface area contributed by atoms with Gasteiger partial charge in [0, 0.05) is 11.8 Å². The third kappa shape index (κ3) is 7.64. The van der Waals surface area contributed by atoms with Gasteiger partial charge in [-0.15, -0.1) is 23.5 Å². The van der Waals surface area contributed by atoms with Crippen LogP contribution in [-0.2, 0) is 18.7 Å². The van der Waals surface area contributed by atoms with Crippen molar-refractivity contribution in [3.05, 3.63) is 0 Å². The molecule has 5 nitrogen and oxygen atoms in total. The molecule has 2 aliphatic rings. The molecule has 2 rings (SSSR count). The van der Waals surface area contributed by atoms with E-state index in [1.165, 1.54) is 6.42 Å². The van der Waals surface area contributed by atoms with E-state index in [-0.39, 0.29) is 35.5 Å². The van der Waals surface area contributed by atoms with Gasteiger partial charge in [0.05, 0.1) is 23.2 Å². The average Bonchev–Trinajstić information content (AvgIpc) is 2.58. The van der Waals surface area contributed by atoms with E-state index in [2.05, 4.69) is 47.7 Å². The van der Waals surface area contributed by atoms with Gasteiger partial charge in [-0.1, -0.05) is 34.6 Å². The topological polar surface area (TPSA) is 65.0 Å². The predicted molar refractivity (Wildman–Crippen MR) is 139 cm³/mol. The summed E-state index contributed by atoms with van der Waals surface area (Å²) in [6.07, 6.45) is 1.71. The van der Waals surface area contributed by atoms with Crippen LogP contribution in [0.2, 0.25) is 18.1 Å². The molecule has 0 radical (unpaired) electrons. The zero-order valence-electron chi connectivity index (χ0n) is 21.9. The number of hydrogen-bond donors (Lipinski definition) is 1. The molecule has 0 aromatic heterocycles. The van der Waals surface area contributed by atoms with E-state index in [9.17, 15) is 9.90 Å². The summed E-state index contributed by atoms with van der Waals surface area (Å²) in [5, 5.41) is 11.6. The second kappa shape index (κ2) is 10.1. The molecule has 32 heavy (non-hydrogen) atoms. The molecule has 0 saturated carbocycles. The first kappa shape index (κ1) is 28.5. The van der Waals surface area contributed by atoms with Crippen LogP contribution >= 0.6 is 23.5 Å². The van der Waals surface area contributed by atoms with Gasteiger partial charge < -0.3 is 19.0 Å². The molecule has 3 atom stereocenters. The molecule has 2 saturated heterocycles. The number of rotatable bonds is 6. The van der Waals surface area contributed by atoms with Crippen LogP contribution in [0.4, 0.5) is 0 Å². The summed E-state index contributed by atoms with van der Waals surface area (Å²) in [5.41, 5.74) is -0.777. The van der Waals surface area contributed by atoms with Crippen molar-refractivity contribution >= 4 is 37.8 Å². The highest BCUT2D eigenvalue weighted by molar-refractivity contribution is 8.17. The molecule has 0 spiro atoms. The van der Waals surface area contributed by atoms with E-state index >= 15 is 0 Å². The minimum atomic E-state index is -2.05. The highest BCUT2D eigenvalue weighted by atomic mass is 32.2. The van der Waals surface area contributed by atoms with Crippen LogP contribution in [0.3, 0.4) is 0 Å². The third-order valence-electron chi connectivity index (χ3n) is 6.76. The molecular weight excluding hydrogens is 460 g/mol. The summed E-state index contributed by atoms with van der Waals surface area (Å²) in [7, 11) is -2.05. The Morgan fingerprint density at radius 1 is 1.09 bits per heavy atom. The van der Waals surface area contributed by atoms with E-state index in [0.717, 1.165) is 17.9 Å². The van der Waals surface area contributed by atoms with Crippen molar-refractivity contribution in [2.24, 2.45) is 5.41 Å². The molecule has 0 aliphatic carbocycles. The lowest BCUT2D eigenvalue weighted by Crippen LogP contribution is -2.56. The van der Waals surface area contributed by atoms with Crippen LogP contribution in [0.15, 0.2) is 0 Å². The first-order valence-corrected chi connectivity index (χ1v) is 16.9. The largest absolute Gasteiger partial charge is 0.460 e. The number of aliphatic hydroxyl groups is 1. The minimum absolute atomic E-state index is 0.0642. The van der Waals surface area contributed by atoms with Crippen LogP contribution in [-0.4, -0.2) is 59.1 Å². The number of carbonyl (C=O) groups is 1. The Labute approximate surface area is 205 Å². The second-order valence-electron chi connectivity index (χ2n) is 12.5. The molecule has 188 valence electrons. The zero-order chi connectivity index (χ0) is 24.6. The molecule has 2 heterocycles. The highest BCUT2D eigenvalue weighted by Crippen LogP contribution is 2.50. The molecule has 1 N–H and O–H groups in total. The summed E-state index contributed by atoms with van der Waals surface area (Å²) in [6.45, 7) is 21.1. The van der Waals surface area contributed by atoms with Gasteiger partial charge in [-0.25, -0.2) is 0 Å². The van der Waals surface area contributed by atoms with Crippen LogP contribution in [0.25, 0.3) is 0 Å². The van der Waals surface area contributed by atoms with Crippen LogP contribution < -0.4 is 0 Å². The molecule has 0 bridgehead atoms. The van der Waals surface area contributed by atoms with Gasteiger partial charge in [-0.05, 0) is 63.3 Å². The van der Waals surface area contributed by atoms with E-state index in [0.29, 0.717) is 4.58 Å². The molecule has 2 fully saturated rings. The Hall–Kier alpha value is 0.267. The first-order valence-electron chi connectivity index (χ1n) is 11.9. The van der Waals surface area contributed by atoms with Gasteiger partial charge in [-0.2, -0.15) is 0 Å². The molecule has 0 aromatic carbocycles.